The smallest absolute Gasteiger partial charge is 0.411 e. The zero-order valence-corrected chi connectivity index (χ0v) is 19.3. The van der Waals surface area contributed by atoms with Gasteiger partial charge in [-0.2, -0.15) is 0 Å². The number of halogens is 1. The Bertz CT molecular complexity index is 1010. The average Bonchev–Trinajstić information content (AvgIpc) is 3.73. The van der Waals surface area contributed by atoms with Crippen LogP contribution in [-0.2, 0) is 19.1 Å². The van der Waals surface area contributed by atoms with Crippen molar-refractivity contribution in [2.24, 2.45) is 11.8 Å². The van der Waals surface area contributed by atoms with Gasteiger partial charge in [-0.05, 0) is 62.6 Å². The molecule has 11 heteroatoms. The molecule has 0 bridgehead atoms. The summed E-state index contributed by atoms with van der Waals surface area (Å²) in [5.74, 6) is -2.67. The van der Waals surface area contributed by atoms with Crippen LogP contribution < -0.4 is 21.3 Å². The second-order valence-electron chi connectivity index (χ2n) is 9.01. The Hall–Kier alpha value is -3.14. The number of Topliss-reactive ketones (excluding diaryl/α,β-unsaturated/α-hetero) is 1. The van der Waals surface area contributed by atoms with Crippen LogP contribution in [0.4, 0.5) is 10.5 Å². The highest BCUT2D eigenvalue weighted by atomic mass is 35.5. The third-order valence-electron chi connectivity index (χ3n) is 6.05. The van der Waals surface area contributed by atoms with Crippen molar-refractivity contribution in [2.75, 3.05) is 18.5 Å². The van der Waals surface area contributed by atoms with Gasteiger partial charge >= 0.3 is 6.09 Å². The lowest BCUT2D eigenvalue weighted by atomic mass is 9.95. The van der Waals surface area contributed by atoms with Gasteiger partial charge in [-0.25, -0.2) is 4.79 Å². The van der Waals surface area contributed by atoms with Crippen LogP contribution in [0, 0.1) is 11.8 Å². The van der Waals surface area contributed by atoms with E-state index in [1.165, 1.54) is 18.2 Å². The summed E-state index contributed by atoms with van der Waals surface area (Å²) in [5.41, 5.74) is 0.155. The summed E-state index contributed by atoms with van der Waals surface area (Å²) in [7, 11) is 0. The van der Waals surface area contributed by atoms with Crippen molar-refractivity contribution in [1.82, 2.24) is 16.0 Å². The lowest BCUT2D eigenvalue weighted by Crippen LogP contribution is -2.49. The fourth-order valence-corrected chi connectivity index (χ4v) is 3.87. The van der Waals surface area contributed by atoms with Crippen LogP contribution in [0.15, 0.2) is 18.2 Å². The third kappa shape index (κ3) is 6.47. The maximum Gasteiger partial charge on any atom is 0.411 e. The number of benzene rings is 1. The molecular weight excluding hydrogens is 464 g/mol. The first-order valence-corrected chi connectivity index (χ1v) is 11.8. The maximum atomic E-state index is 13.2. The monoisotopic (exact) mass is 490 g/mol. The van der Waals surface area contributed by atoms with Crippen molar-refractivity contribution < 1.29 is 28.7 Å². The van der Waals surface area contributed by atoms with E-state index in [1.807, 2.05) is 0 Å². The zero-order chi connectivity index (χ0) is 24.2. The minimum absolute atomic E-state index is 0.00662. The standard InChI is InChI=1S/C23H27ClN4O6/c24-14-3-6-17(28-23(33)34-11-12-1-2-12)16(10-14)21(31)27-18(9-13-7-8-25-20(13)30)19(29)22(32)26-15-4-5-15/h3,6,10,12-13,15,18H,1-2,4-5,7-9,11H2,(H,25,30)(H,26,32)(H,27,31)(H,28,33)/t13-,18-/m0/s1. The molecule has 34 heavy (non-hydrogen) atoms. The number of hydrogen-bond donors (Lipinski definition) is 4. The number of ether oxygens (including phenoxy) is 1. The molecule has 1 heterocycles. The van der Waals surface area contributed by atoms with Crippen molar-refractivity contribution in [3.05, 3.63) is 28.8 Å². The van der Waals surface area contributed by atoms with Crippen LogP contribution in [0.3, 0.4) is 0 Å². The predicted molar refractivity (Wildman–Crippen MR) is 122 cm³/mol. The molecule has 4 amide bonds. The lowest BCUT2D eigenvalue weighted by molar-refractivity contribution is -0.139. The van der Waals surface area contributed by atoms with Crippen molar-refractivity contribution in [2.45, 2.75) is 50.6 Å². The van der Waals surface area contributed by atoms with Gasteiger partial charge in [0.15, 0.2) is 0 Å². The molecule has 2 saturated carbocycles. The second kappa shape index (κ2) is 10.4. The Labute approximate surface area is 201 Å². The Morgan fingerprint density at radius 2 is 1.88 bits per heavy atom. The molecule has 2 atom stereocenters. The van der Waals surface area contributed by atoms with Crippen LogP contribution in [0.5, 0.6) is 0 Å². The number of nitrogens with one attached hydrogen (secondary N) is 4. The molecule has 10 nitrogen and oxygen atoms in total. The van der Waals surface area contributed by atoms with E-state index in [4.69, 9.17) is 16.3 Å². The normalized spacial score (nSPS) is 20.1. The summed E-state index contributed by atoms with van der Waals surface area (Å²) >= 11 is 6.07. The Kier molecular flexibility index (Phi) is 7.35. The highest BCUT2D eigenvalue weighted by Crippen LogP contribution is 2.29. The Balaban J connectivity index is 1.48. The van der Waals surface area contributed by atoms with E-state index in [-0.39, 0.29) is 34.6 Å². The van der Waals surface area contributed by atoms with E-state index in [2.05, 4.69) is 21.3 Å². The van der Waals surface area contributed by atoms with Crippen molar-refractivity contribution in [3.8, 4) is 0 Å². The van der Waals surface area contributed by atoms with Crippen molar-refractivity contribution in [3.63, 3.8) is 0 Å². The van der Waals surface area contributed by atoms with E-state index in [0.717, 1.165) is 25.7 Å². The Morgan fingerprint density at radius 1 is 1.12 bits per heavy atom. The number of hydrogen-bond acceptors (Lipinski definition) is 6. The summed E-state index contributed by atoms with van der Waals surface area (Å²) in [5, 5.41) is 10.7. The fourth-order valence-electron chi connectivity index (χ4n) is 3.70. The zero-order valence-electron chi connectivity index (χ0n) is 18.5. The lowest BCUT2D eigenvalue weighted by Gasteiger charge is -2.20. The molecule has 3 aliphatic rings. The van der Waals surface area contributed by atoms with Crippen LogP contribution in [0.2, 0.25) is 5.02 Å². The number of carbonyl (C=O) groups is 5. The molecule has 1 aromatic rings. The highest BCUT2D eigenvalue weighted by Gasteiger charge is 2.36. The van der Waals surface area contributed by atoms with Gasteiger partial charge in [0.05, 0.1) is 23.9 Å². The molecular formula is C23H27ClN4O6. The third-order valence-corrected chi connectivity index (χ3v) is 6.29. The predicted octanol–water partition coefficient (Wildman–Crippen LogP) is 1.77. The molecule has 0 unspecified atom stereocenters. The summed E-state index contributed by atoms with van der Waals surface area (Å²) in [6.45, 7) is 0.773. The Morgan fingerprint density at radius 3 is 2.53 bits per heavy atom. The van der Waals surface area contributed by atoms with Crippen LogP contribution in [-0.4, -0.2) is 54.8 Å². The first-order valence-electron chi connectivity index (χ1n) is 11.5. The average molecular weight is 491 g/mol. The minimum atomic E-state index is -1.21. The molecule has 4 N–H and O–H groups in total. The molecule has 2 aliphatic carbocycles. The van der Waals surface area contributed by atoms with Gasteiger partial charge in [-0.3, -0.25) is 24.5 Å². The van der Waals surface area contributed by atoms with Gasteiger partial charge in [-0.1, -0.05) is 11.6 Å². The number of anilines is 1. The number of amides is 4. The molecule has 0 aromatic heterocycles. The summed E-state index contributed by atoms with van der Waals surface area (Å²) in [6.07, 6.45) is 3.42. The molecule has 4 rings (SSSR count). The van der Waals surface area contributed by atoms with E-state index < -0.39 is 35.7 Å². The molecule has 182 valence electrons. The molecule has 0 radical (unpaired) electrons. The largest absolute Gasteiger partial charge is 0.449 e. The topological polar surface area (TPSA) is 143 Å². The first-order chi connectivity index (χ1) is 16.3. The molecule has 1 aliphatic heterocycles. The first kappa shape index (κ1) is 24.0. The SMILES string of the molecule is O=C(Nc1ccc(Cl)cc1C(=O)N[C@@H](C[C@@H]1CCNC1=O)C(=O)C(=O)NC1CC1)OCC1CC1. The summed E-state index contributed by atoms with van der Waals surface area (Å²) in [6, 6.07) is 3.06. The van der Waals surface area contributed by atoms with Gasteiger partial charge in [0.25, 0.3) is 11.8 Å². The minimum Gasteiger partial charge on any atom is -0.449 e. The van der Waals surface area contributed by atoms with Crippen molar-refractivity contribution in [1.29, 1.82) is 0 Å². The number of carbonyl (C=O) groups excluding carboxylic acids is 5. The maximum absolute atomic E-state index is 13.2. The van der Waals surface area contributed by atoms with E-state index in [1.54, 1.807) is 0 Å². The van der Waals surface area contributed by atoms with Gasteiger partial charge in [-0.15, -0.1) is 0 Å². The quantitative estimate of drug-likeness (QED) is 0.368. The summed E-state index contributed by atoms with van der Waals surface area (Å²) in [4.78, 5) is 62.6. The highest BCUT2D eigenvalue weighted by molar-refractivity contribution is 6.38. The van der Waals surface area contributed by atoms with E-state index >= 15 is 0 Å². The van der Waals surface area contributed by atoms with Crippen LogP contribution in [0.1, 0.15) is 48.9 Å². The van der Waals surface area contributed by atoms with Crippen LogP contribution >= 0.6 is 11.6 Å². The molecule has 3 fully saturated rings. The molecule has 1 aromatic carbocycles. The van der Waals surface area contributed by atoms with Gasteiger partial charge in [0.1, 0.15) is 0 Å². The van der Waals surface area contributed by atoms with Gasteiger partial charge < -0.3 is 20.7 Å². The second-order valence-corrected chi connectivity index (χ2v) is 9.44. The fraction of sp³-hybridized carbons (Fsp3) is 0.522. The van der Waals surface area contributed by atoms with E-state index in [9.17, 15) is 24.0 Å². The number of ketones is 1. The summed E-state index contributed by atoms with van der Waals surface area (Å²) < 4.78 is 5.16. The van der Waals surface area contributed by atoms with Crippen LogP contribution in [0.25, 0.3) is 0 Å². The van der Waals surface area contributed by atoms with Gasteiger partial charge in [0, 0.05) is 23.5 Å². The van der Waals surface area contributed by atoms with Crippen molar-refractivity contribution >= 4 is 46.9 Å². The number of rotatable bonds is 10. The molecule has 1 saturated heterocycles. The van der Waals surface area contributed by atoms with E-state index in [0.29, 0.717) is 25.5 Å². The molecule has 0 spiro atoms. The van der Waals surface area contributed by atoms with Gasteiger partial charge in [0.2, 0.25) is 11.7 Å².